The minimum Gasteiger partial charge on any atom is -0.497 e. The number of likely N-dealkylation sites (N-methyl/N-ethyl adjacent to an activating group) is 1. The summed E-state index contributed by atoms with van der Waals surface area (Å²) in [6.07, 6.45) is 5.45. The number of hydrogen-bond acceptors (Lipinski definition) is 5. The normalized spacial score (nSPS) is 19.9. The van der Waals surface area contributed by atoms with Gasteiger partial charge in [0, 0.05) is 56.0 Å². The summed E-state index contributed by atoms with van der Waals surface area (Å²) in [5.41, 5.74) is 3.44. The fourth-order valence-electron chi connectivity index (χ4n) is 4.11. The number of fused-ring (bicyclic) bond motifs is 1. The number of benzene rings is 1. The van der Waals surface area contributed by atoms with Gasteiger partial charge in [0.15, 0.2) is 0 Å². The van der Waals surface area contributed by atoms with E-state index in [1.165, 1.54) is 11.3 Å². The zero-order valence-electron chi connectivity index (χ0n) is 16.7. The van der Waals surface area contributed by atoms with E-state index in [-0.39, 0.29) is 11.8 Å². The van der Waals surface area contributed by atoms with Crippen LogP contribution < -0.4 is 4.74 Å². The number of ether oxygens (including phenoxy) is 1. The lowest BCUT2D eigenvalue weighted by molar-refractivity contribution is -0.131. The van der Waals surface area contributed by atoms with E-state index in [0.717, 1.165) is 56.0 Å². The Morgan fingerprint density at radius 1 is 1.25 bits per heavy atom. The van der Waals surface area contributed by atoms with E-state index in [1.807, 2.05) is 35.4 Å². The summed E-state index contributed by atoms with van der Waals surface area (Å²) in [5.74, 6) is 2.13. The van der Waals surface area contributed by atoms with Gasteiger partial charge in [-0.1, -0.05) is 12.1 Å². The van der Waals surface area contributed by atoms with E-state index >= 15 is 0 Å². The summed E-state index contributed by atoms with van der Waals surface area (Å²) < 4.78 is 5.19. The largest absolute Gasteiger partial charge is 0.497 e. The molecule has 3 heterocycles. The van der Waals surface area contributed by atoms with Crippen LogP contribution >= 0.6 is 0 Å². The van der Waals surface area contributed by atoms with E-state index < -0.39 is 0 Å². The summed E-state index contributed by atoms with van der Waals surface area (Å²) in [6, 6.07) is 7.73. The minimum atomic E-state index is 0.175. The van der Waals surface area contributed by atoms with Crippen molar-refractivity contribution in [1.82, 2.24) is 19.8 Å². The molecule has 0 aliphatic carbocycles. The number of nitrogens with zero attached hydrogens (tertiary/aromatic N) is 4. The van der Waals surface area contributed by atoms with Crippen LogP contribution in [-0.4, -0.2) is 59.5 Å². The Morgan fingerprint density at radius 3 is 2.86 bits per heavy atom. The summed E-state index contributed by atoms with van der Waals surface area (Å²) in [5, 5.41) is 0. The second kappa shape index (κ2) is 8.27. The number of piperidine rings is 1. The highest BCUT2D eigenvalue weighted by molar-refractivity contribution is 5.79. The lowest BCUT2D eigenvalue weighted by Crippen LogP contribution is -2.40. The van der Waals surface area contributed by atoms with Gasteiger partial charge in [0.05, 0.1) is 13.5 Å². The monoisotopic (exact) mass is 380 g/mol. The topological polar surface area (TPSA) is 58.6 Å². The molecule has 1 aromatic carbocycles. The molecule has 6 nitrogen and oxygen atoms in total. The first-order valence-corrected chi connectivity index (χ1v) is 10.1. The quantitative estimate of drug-likeness (QED) is 0.815. The molecule has 6 heteroatoms. The van der Waals surface area contributed by atoms with E-state index in [2.05, 4.69) is 16.9 Å². The predicted molar refractivity (Wildman–Crippen MR) is 107 cm³/mol. The molecule has 2 aromatic rings. The van der Waals surface area contributed by atoms with Crippen LogP contribution in [0, 0.1) is 0 Å². The molecule has 2 aliphatic heterocycles. The Labute approximate surface area is 166 Å². The molecule has 1 amide bonds. The molecule has 1 atom stereocenters. The zero-order chi connectivity index (χ0) is 19.5. The van der Waals surface area contributed by atoms with E-state index in [9.17, 15) is 4.79 Å². The molecule has 1 saturated heterocycles. The molecule has 4 rings (SSSR count). The number of rotatable bonds is 4. The van der Waals surface area contributed by atoms with Crippen molar-refractivity contribution in [3.63, 3.8) is 0 Å². The molecule has 0 N–H and O–H groups in total. The molecular formula is C22H28N4O2. The third-order valence-electron chi connectivity index (χ3n) is 5.80. The van der Waals surface area contributed by atoms with Gasteiger partial charge in [-0.2, -0.15) is 0 Å². The van der Waals surface area contributed by atoms with Crippen molar-refractivity contribution >= 4 is 5.91 Å². The number of amides is 1. The van der Waals surface area contributed by atoms with Gasteiger partial charge in [-0.25, -0.2) is 9.97 Å². The van der Waals surface area contributed by atoms with E-state index in [4.69, 9.17) is 9.72 Å². The summed E-state index contributed by atoms with van der Waals surface area (Å²) in [4.78, 5) is 26.6. The average molecular weight is 380 g/mol. The third kappa shape index (κ3) is 4.17. The van der Waals surface area contributed by atoms with Gasteiger partial charge in [-0.3, -0.25) is 4.79 Å². The molecule has 0 spiro atoms. The van der Waals surface area contributed by atoms with Gasteiger partial charge in [-0.15, -0.1) is 0 Å². The maximum atomic E-state index is 12.8. The molecule has 28 heavy (non-hydrogen) atoms. The Morgan fingerprint density at radius 2 is 2.07 bits per heavy atom. The molecule has 1 fully saturated rings. The Kier molecular flexibility index (Phi) is 5.57. The smallest absolute Gasteiger partial charge is 0.227 e. The second-order valence-corrected chi connectivity index (χ2v) is 7.89. The van der Waals surface area contributed by atoms with Crippen LogP contribution in [0.3, 0.4) is 0 Å². The fourth-order valence-corrected chi connectivity index (χ4v) is 4.11. The number of aromatic nitrogens is 2. The van der Waals surface area contributed by atoms with Gasteiger partial charge in [0.2, 0.25) is 5.91 Å². The van der Waals surface area contributed by atoms with Crippen LogP contribution in [0.5, 0.6) is 5.75 Å². The number of carbonyl (C=O) groups is 1. The molecule has 1 aromatic heterocycles. The van der Waals surface area contributed by atoms with Gasteiger partial charge in [0.25, 0.3) is 0 Å². The highest BCUT2D eigenvalue weighted by Gasteiger charge is 2.27. The highest BCUT2D eigenvalue weighted by Crippen LogP contribution is 2.26. The van der Waals surface area contributed by atoms with Crippen molar-refractivity contribution in [2.45, 2.75) is 38.1 Å². The summed E-state index contributed by atoms with van der Waals surface area (Å²) >= 11 is 0. The van der Waals surface area contributed by atoms with Crippen molar-refractivity contribution in [3.8, 4) is 5.75 Å². The highest BCUT2D eigenvalue weighted by atomic mass is 16.5. The summed E-state index contributed by atoms with van der Waals surface area (Å²) in [6.45, 7) is 3.50. The first kappa shape index (κ1) is 18.9. The zero-order valence-corrected chi connectivity index (χ0v) is 16.7. The molecule has 148 valence electrons. The van der Waals surface area contributed by atoms with Gasteiger partial charge in [0.1, 0.15) is 11.6 Å². The molecule has 0 bridgehead atoms. The maximum Gasteiger partial charge on any atom is 0.227 e. The predicted octanol–water partition coefficient (Wildman–Crippen LogP) is 2.42. The first-order chi connectivity index (χ1) is 13.6. The Hall–Kier alpha value is -2.47. The Balaban J connectivity index is 1.41. The van der Waals surface area contributed by atoms with Crippen LogP contribution in [0.2, 0.25) is 0 Å². The van der Waals surface area contributed by atoms with Gasteiger partial charge < -0.3 is 14.5 Å². The third-order valence-corrected chi connectivity index (χ3v) is 5.80. The standard InChI is InChI=1S/C22H28N4O2/c1-25-11-9-20-18(14-25)13-23-22(24-20)17-4-3-10-26(15-17)21(27)12-16-5-7-19(28-2)8-6-16/h5-8,13,17H,3-4,9-12,14-15H2,1-2H3/t17-/m1/s1. The number of likely N-dealkylation sites (tertiary alicyclic amines) is 1. The fraction of sp³-hybridized carbons (Fsp3) is 0.500. The van der Waals surface area contributed by atoms with Crippen molar-refractivity contribution in [1.29, 1.82) is 0 Å². The van der Waals surface area contributed by atoms with Crippen LogP contribution in [0.15, 0.2) is 30.5 Å². The van der Waals surface area contributed by atoms with Crippen molar-refractivity contribution in [3.05, 3.63) is 53.1 Å². The molecule has 0 radical (unpaired) electrons. The minimum absolute atomic E-state index is 0.175. The van der Waals surface area contributed by atoms with Gasteiger partial charge in [-0.05, 0) is 37.6 Å². The van der Waals surface area contributed by atoms with Crippen molar-refractivity contribution < 1.29 is 9.53 Å². The van der Waals surface area contributed by atoms with Crippen LogP contribution in [-0.2, 0) is 24.2 Å². The average Bonchev–Trinajstić information content (AvgIpc) is 2.74. The second-order valence-electron chi connectivity index (χ2n) is 7.89. The SMILES string of the molecule is COc1ccc(CC(=O)N2CCC[C@@H](c3ncc4c(n3)CCN(C)C4)C2)cc1. The maximum absolute atomic E-state index is 12.8. The van der Waals surface area contributed by atoms with Crippen LogP contribution in [0.1, 0.15) is 41.4 Å². The first-order valence-electron chi connectivity index (χ1n) is 10.1. The van der Waals surface area contributed by atoms with Crippen molar-refractivity contribution in [2.24, 2.45) is 0 Å². The number of methoxy groups -OCH3 is 1. The van der Waals surface area contributed by atoms with E-state index in [0.29, 0.717) is 13.0 Å². The lowest BCUT2D eigenvalue weighted by Gasteiger charge is -2.33. The number of hydrogen-bond donors (Lipinski definition) is 0. The molecule has 0 unspecified atom stereocenters. The van der Waals surface area contributed by atoms with Crippen LogP contribution in [0.4, 0.5) is 0 Å². The van der Waals surface area contributed by atoms with Gasteiger partial charge >= 0.3 is 0 Å². The van der Waals surface area contributed by atoms with E-state index in [1.54, 1.807) is 7.11 Å². The lowest BCUT2D eigenvalue weighted by atomic mass is 9.96. The molecule has 2 aliphatic rings. The molecular weight excluding hydrogens is 352 g/mol. The van der Waals surface area contributed by atoms with Crippen LogP contribution in [0.25, 0.3) is 0 Å². The van der Waals surface area contributed by atoms with Crippen molar-refractivity contribution in [2.75, 3.05) is 33.8 Å². The number of carbonyl (C=O) groups excluding carboxylic acids is 1. The molecule has 0 saturated carbocycles. The Bertz CT molecular complexity index is 837. The summed E-state index contributed by atoms with van der Waals surface area (Å²) in [7, 11) is 3.78.